The monoisotopic (exact) mass is 574 g/mol. The molecule has 0 saturated carbocycles. The molecule has 2 aliphatic rings. The van der Waals surface area contributed by atoms with Gasteiger partial charge in [-0.2, -0.15) is 23.3 Å². The molecule has 0 aliphatic carbocycles. The highest BCUT2D eigenvalue weighted by Crippen LogP contribution is 2.47. The number of hydrogen-bond acceptors (Lipinski definition) is 5. The minimum atomic E-state index is -4.57. The SMILES string of the molecule is CC1=NN(c2cccc(C(F)(F)F)c2)C(=O)C1=c1sc(=C2N(C)c3ccccc3C2(C)C)c(=O)n1-c1ccccc1. The van der Waals surface area contributed by atoms with Gasteiger partial charge in [0.2, 0.25) is 0 Å². The summed E-state index contributed by atoms with van der Waals surface area (Å²) in [6.07, 6.45) is -4.57. The third-order valence-corrected chi connectivity index (χ3v) is 8.70. The first-order chi connectivity index (χ1) is 19.4. The van der Waals surface area contributed by atoms with Gasteiger partial charge in [-0.25, -0.2) is 0 Å². The fourth-order valence-electron chi connectivity index (χ4n) is 5.64. The minimum Gasteiger partial charge on any atom is -0.346 e. The second-order valence-electron chi connectivity index (χ2n) is 10.5. The van der Waals surface area contributed by atoms with E-state index < -0.39 is 23.1 Å². The number of hydrogen-bond donors (Lipinski definition) is 0. The lowest BCUT2D eigenvalue weighted by molar-refractivity contribution is -0.137. The van der Waals surface area contributed by atoms with E-state index in [0.717, 1.165) is 34.1 Å². The van der Waals surface area contributed by atoms with Crippen LogP contribution in [0.2, 0.25) is 0 Å². The van der Waals surface area contributed by atoms with Crippen LogP contribution in [0.25, 0.3) is 17.0 Å². The molecule has 0 unspecified atom stereocenters. The van der Waals surface area contributed by atoms with Crippen molar-refractivity contribution in [1.29, 1.82) is 0 Å². The quantitative estimate of drug-likeness (QED) is 0.338. The van der Waals surface area contributed by atoms with E-state index in [9.17, 15) is 22.8 Å². The Kier molecular flexibility index (Phi) is 6.07. The Hall–Kier alpha value is -4.44. The van der Waals surface area contributed by atoms with Gasteiger partial charge in [-0.05, 0) is 48.9 Å². The Morgan fingerprint density at radius 3 is 2.22 bits per heavy atom. The summed E-state index contributed by atoms with van der Waals surface area (Å²) in [6.45, 7) is 5.74. The van der Waals surface area contributed by atoms with Crippen LogP contribution >= 0.6 is 11.3 Å². The second-order valence-corrected chi connectivity index (χ2v) is 11.5. The fraction of sp³-hybridized carbons (Fsp3) is 0.194. The van der Waals surface area contributed by atoms with Crippen LogP contribution in [-0.4, -0.2) is 23.2 Å². The Balaban J connectivity index is 1.64. The number of likely N-dealkylation sites (N-methyl/N-ethyl adjacent to an activating group) is 1. The van der Waals surface area contributed by atoms with Gasteiger partial charge in [0.15, 0.2) is 0 Å². The van der Waals surface area contributed by atoms with Crippen molar-refractivity contribution in [3.05, 3.63) is 110 Å². The maximum Gasteiger partial charge on any atom is 0.416 e. The van der Waals surface area contributed by atoms with Gasteiger partial charge in [-0.1, -0.05) is 56.3 Å². The molecule has 0 fully saturated rings. The third kappa shape index (κ3) is 4.12. The number of amides is 1. The van der Waals surface area contributed by atoms with Crippen molar-refractivity contribution in [2.45, 2.75) is 32.4 Å². The molecule has 6 nitrogen and oxygen atoms in total. The Morgan fingerprint density at radius 2 is 1.54 bits per heavy atom. The van der Waals surface area contributed by atoms with Crippen LogP contribution in [0.4, 0.5) is 24.5 Å². The number of carbonyl (C=O) groups is 1. The predicted molar refractivity (Wildman–Crippen MR) is 156 cm³/mol. The lowest BCUT2D eigenvalue weighted by atomic mass is 9.84. The summed E-state index contributed by atoms with van der Waals surface area (Å²) in [6, 6.07) is 21.4. The molecule has 0 spiro atoms. The van der Waals surface area contributed by atoms with Crippen LogP contribution in [0, 0.1) is 0 Å². The molecular weight excluding hydrogens is 549 g/mol. The standard InChI is InChI=1S/C31H25F3N4O2S/c1-18-24(27(39)38(35-18)21-14-10-11-19(17-21)31(32,33)34)29-37(20-12-6-5-7-13-20)28(40)25(41-29)26-30(2,3)22-15-8-9-16-23(22)36(26)4/h5-17H,1-4H3. The topological polar surface area (TPSA) is 57.9 Å². The molecule has 6 rings (SSSR count). The third-order valence-electron chi connectivity index (χ3n) is 7.54. The zero-order valence-electron chi connectivity index (χ0n) is 22.7. The number of anilines is 2. The van der Waals surface area contributed by atoms with Crippen LogP contribution < -0.4 is 24.7 Å². The van der Waals surface area contributed by atoms with Crippen LogP contribution in [0.5, 0.6) is 0 Å². The maximum atomic E-state index is 14.3. The summed E-state index contributed by atoms with van der Waals surface area (Å²) in [5.74, 6) is -0.605. The number of thiazole rings is 1. The molecule has 4 aromatic rings. The average molecular weight is 575 g/mol. The molecule has 3 aromatic carbocycles. The highest BCUT2D eigenvalue weighted by Gasteiger charge is 2.40. The Labute approximate surface area is 237 Å². The van der Waals surface area contributed by atoms with E-state index in [1.54, 1.807) is 31.2 Å². The highest BCUT2D eigenvalue weighted by atomic mass is 32.1. The number of fused-ring (bicyclic) bond motifs is 1. The maximum absolute atomic E-state index is 14.3. The Morgan fingerprint density at radius 1 is 0.878 bits per heavy atom. The van der Waals surface area contributed by atoms with Gasteiger partial charge in [-0.3, -0.25) is 14.2 Å². The summed E-state index contributed by atoms with van der Waals surface area (Å²) in [7, 11) is 1.92. The van der Waals surface area contributed by atoms with Crippen molar-refractivity contribution in [2.24, 2.45) is 5.10 Å². The minimum absolute atomic E-state index is 0.00829. The van der Waals surface area contributed by atoms with Crippen molar-refractivity contribution >= 4 is 45.6 Å². The van der Waals surface area contributed by atoms with E-state index >= 15 is 0 Å². The number of carbonyl (C=O) groups excluding carboxylic acids is 1. The van der Waals surface area contributed by atoms with Gasteiger partial charge in [0.1, 0.15) is 9.20 Å². The van der Waals surface area contributed by atoms with Crippen molar-refractivity contribution in [3.8, 4) is 5.69 Å². The van der Waals surface area contributed by atoms with Gasteiger partial charge in [0.05, 0.1) is 33.9 Å². The molecule has 3 heterocycles. The molecule has 0 bridgehead atoms. The van der Waals surface area contributed by atoms with E-state index in [0.29, 0.717) is 20.6 Å². The highest BCUT2D eigenvalue weighted by molar-refractivity contribution is 7.08. The molecular formula is C31H25F3N4O2S. The van der Waals surface area contributed by atoms with Crippen molar-refractivity contribution < 1.29 is 18.0 Å². The van der Waals surface area contributed by atoms with Crippen LogP contribution in [0.15, 0.2) is 88.8 Å². The Bertz CT molecular complexity index is 1940. The summed E-state index contributed by atoms with van der Waals surface area (Å²) in [4.78, 5) is 30.1. The lowest BCUT2D eigenvalue weighted by Crippen LogP contribution is -2.37. The number of alkyl halides is 3. The normalized spacial score (nSPS) is 19.1. The summed E-state index contributed by atoms with van der Waals surface area (Å²) < 4.78 is 42.6. The smallest absolute Gasteiger partial charge is 0.346 e. The number of halogens is 3. The zero-order valence-corrected chi connectivity index (χ0v) is 23.5. The van der Waals surface area contributed by atoms with Crippen molar-refractivity contribution in [1.82, 2.24) is 4.57 Å². The van der Waals surface area contributed by atoms with Gasteiger partial charge in [0, 0.05) is 18.2 Å². The number of hydrazone groups is 1. The number of rotatable bonds is 2. The lowest BCUT2D eigenvalue weighted by Gasteiger charge is -2.23. The molecule has 2 aliphatic heterocycles. The first-order valence-corrected chi connectivity index (χ1v) is 13.7. The van der Waals surface area contributed by atoms with E-state index in [1.165, 1.54) is 28.0 Å². The van der Waals surface area contributed by atoms with Crippen LogP contribution in [0.1, 0.15) is 31.9 Å². The number of benzene rings is 3. The van der Waals surface area contributed by atoms with Gasteiger partial charge >= 0.3 is 6.18 Å². The van der Waals surface area contributed by atoms with Crippen LogP contribution in [0.3, 0.4) is 0 Å². The number of nitrogens with zero attached hydrogens (tertiary/aromatic N) is 4. The second kappa shape index (κ2) is 9.31. The number of aromatic nitrogens is 1. The van der Waals surface area contributed by atoms with E-state index in [4.69, 9.17) is 0 Å². The summed E-state index contributed by atoms with van der Waals surface area (Å²) in [5, 5.41) is 5.30. The molecule has 0 saturated heterocycles. The first kappa shape index (κ1) is 26.8. The summed E-state index contributed by atoms with van der Waals surface area (Å²) in [5.41, 5.74) is 2.23. The zero-order chi connectivity index (χ0) is 29.3. The van der Waals surface area contributed by atoms with Crippen LogP contribution in [-0.2, 0) is 16.4 Å². The molecule has 208 valence electrons. The fourth-order valence-corrected chi connectivity index (χ4v) is 7.12. The molecule has 1 aromatic heterocycles. The first-order valence-electron chi connectivity index (χ1n) is 12.9. The van der Waals surface area contributed by atoms with Crippen molar-refractivity contribution in [2.75, 3.05) is 17.0 Å². The molecule has 1 amide bonds. The molecule has 0 atom stereocenters. The van der Waals surface area contributed by atoms with E-state index in [-0.39, 0.29) is 16.8 Å². The van der Waals surface area contributed by atoms with Gasteiger partial charge in [-0.15, -0.1) is 11.3 Å². The number of para-hydroxylation sites is 2. The largest absolute Gasteiger partial charge is 0.416 e. The molecule has 0 radical (unpaired) electrons. The van der Waals surface area contributed by atoms with E-state index in [1.807, 2.05) is 42.3 Å². The average Bonchev–Trinajstić information content (AvgIpc) is 3.49. The van der Waals surface area contributed by atoms with Gasteiger partial charge < -0.3 is 4.90 Å². The molecule has 41 heavy (non-hydrogen) atoms. The molecule has 0 N–H and O–H groups in total. The predicted octanol–water partition coefficient (Wildman–Crippen LogP) is 5.03. The van der Waals surface area contributed by atoms with Gasteiger partial charge in [0.25, 0.3) is 11.5 Å². The van der Waals surface area contributed by atoms with Crippen molar-refractivity contribution in [3.63, 3.8) is 0 Å². The van der Waals surface area contributed by atoms with E-state index in [2.05, 4.69) is 18.9 Å². The molecule has 10 heteroatoms. The summed E-state index contributed by atoms with van der Waals surface area (Å²) >= 11 is 1.19.